The van der Waals surface area contributed by atoms with Crippen LogP contribution in [-0.2, 0) is 11.2 Å². The Labute approximate surface area is 119 Å². The highest BCUT2D eigenvalue weighted by Gasteiger charge is 2.30. The lowest BCUT2D eigenvalue weighted by atomic mass is 9.97. The van der Waals surface area contributed by atoms with Gasteiger partial charge in [0.2, 0.25) is 5.91 Å². The van der Waals surface area contributed by atoms with Crippen molar-refractivity contribution in [1.82, 2.24) is 5.32 Å². The molecule has 1 rings (SSSR count). The molecule has 0 heterocycles. The molecule has 1 aromatic carbocycles. The van der Waals surface area contributed by atoms with Gasteiger partial charge in [-0.25, -0.2) is 0 Å². The molecule has 0 aromatic heterocycles. The van der Waals surface area contributed by atoms with E-state index in [9.17, 15) is 15.0 Å². The highest BCUT2D eigenvalue weighted by atomic mass is 16.3. The smallest absolute Gasteiger partial charge is 0.237 e. The highest BCUT2D eigenvalue weighted by molar-refractivity contribution is 5.82. The number of hydrogen-bond donors (Lipinski definition) is 4. The average Bonchev–Trinajstić information content (AvgIpc) is 2.51. The molecule has 0 aliphatic carbocycles. The number of aliphatic hydroxyl groups is 2. The molecule has 20 heavy (non-hydrogen) atoms. The summed E-state index contributed by atoms with van der Waals surface area (Å²) in [6.45, 7) is 1.18. The molecular weight excluding hydrogens is 256 g/mol. The Morgan fingerprint density at radius 1 is 1.30 bits per heavy atom. The van der Waals surface area contributed by atoms with Gasteiger partial charge in [0.15, 0.2) is 0 Å². The van der Waals surface area contributed by atoms with Gasteiger partial charge in [-0.15, -0.1) is 0 Å². The number of rotatable bonds is 8. The standard InChI is InChI=1S/C15H24N2O3/c1-2-15(10-18,11-19)17-14(20)13(16)9-8-12-6-4-3-5-7-12/h3-7,13,18-19H,2,8-11,16H2,1H3,(H,17,20). The van der Waals surface area contributed by atoms with E-state index in [-0.39, 0.29) is 19.1 Å². The van der Waals surface area contributed by atoms with Gasteiger partial charge in [-0.3, -0.25) is 4.79 Å². The van der Waals surface area contributed by atoms with Crippen molar-refractivity contribution in [3.05, 3.63) is 35.9 Å². The topological polar surface area (TPSA) is 95.6 Å². The summed E-state index contributed by atoms with van der Waals surface area (Å²) in [5.41, 5.74) is 6.00. The van der Waals surface area contributed by atoms with Crippen molar-refractivity contribution >= 4 is 5.91 Å². The molecule has 0 radical (unpaired) electrons. The van der Waals surface area contributed by atoms with Crippen LogP contribution in [0.4, 0.5) is 0 Å². The van der Waals surface area contributed by atoms with Crippen molar-refractivity contribution in [2.24, 2.45) is 5.73 Å². The van der Waals surface area contributed by atoms with Crippen LogP contribution in [0.5, 0.6) is 0 Å². The zero-order valence-electron chi connectivity index (χ0n) is 11.9. The summed E-state index contributed by atoms with van der Waals surface area (Å²) in [5.74, 6) is -0.342. The van der Waals surface area contributed by atoms with Crippen LogP contribution in [0.1, 0.15) is 25.3 Å². The Morgan fingerprint density at radius 2 is 1.90 bits per heavy atom. The number of hydrogen-bond acceptors (Lipinski definition) is 4. The maximum atomic E-state index is 12.0. The second kappa shape index (κ2) is 7.99. The fourth-order valence-corrected chi connectivity index (χ4v) is 1.89. The van der Waals surface area contributed by atoms with Gasteiger partial charge >= 0.3 is 0 Å². The molecule has 5 heteroatoms. The third-order valence-corrected chi connectivity index (χ3v) is 3.59. The highest BCUT2D eigenvalue weighted by Crippen LogP contribution is 2.10. The van der Waals surface area contributed by atoms with E-state index >= 15 is 0 Å². The van der Waals surface area contributed by atoms with Crippen molar-refractivity contribution < 1.29 is 15.0 Å². The molecule has 1 aromatic rings. The first-order valence-corrected chi connectivity index (χ1v) is 6.90. The van der Waals surface area contributed by atoms with Crippen LogP contribution >= 0.6 is 0 Å². The van der Waals surface area contributed by atoms with Crippen LogP contribution in [0, 0.1) is 0 Å². The quantitative estimate of drug-likeness (QED) is 0.547. The van der Waals surface area contributed by atoms with Crippen molar-refractivity contribution in [2.45, 2.75) is 37.8 Å². The molecule has 0 saturated carbocycles. The van der Waals surface area contributed by atoms with Crippen molar-refractivity contribution in [3.8, 4) is 0 Å². The largest absolute Gasteiger partial charge is 0.394 e. The summed E-state index contributed by atoms with van der Waals surface area (Å²) in [7, 11) is 0. The fraction of sp³-hybridized carbons (Fsp3) is 0.533. The number of carbonyl (C=O) groups is 1. The van der Waals surface area contributed by atoms with Gasteiger partial charge in [0, 0.05) is 0 Å². The number of aryl methyl sites for hydroxylation is 1. The third kappa shape index (κ3) is 4.59. The van der Waals surface area contributed by atoms with Crippen LogP contribution in [-0.4, -0.2) is 40.9 Å². The van der Waals surface area contributed by atoms with Crippen molar-refractivity contribution in [1.29, 1.82) is 0 Å². The zero-order valence-corrected chi connectivity index (χ0v) is 11.9. The Hall–Kier alpha value is -1.43. The van der Waals surface area contributed by atoms with Crippen LogP contribution in [0.25, 0.3) is 0 Å². The number of aliphatic hydroxyl groups excluding tert-OH is 2. The van der Waals surface area contributed by atoms with E-state index in [0.717, 1.165) is 5.56 Å². The maximum Gasteiger partial charge on any atom is 0.237 e. The SMILES string of the molecule is CCC(CO)(CO)NC(=O)C(N)CCc1ccccc1. The summed E-state index contributed by atoms with van der Waals surface area (Å²) in [6.07, 6.45) is 1.68. The first-order chi connectivity index (χ1) is 9.56. The van der Waals surface area contributed by atoms with E-state index in [0.29, 0.717) is 19.3 Å². The summed E-state index contributed by atoms with van der Waals surface area (Å²) < 4.78 is 0. The van der Waals surface area contributed by atoms with Crippen LogP contribution in [0.2, 0.25) is 0 Å². The Bertz CT molecular complexity index is 397. The minimum atomic E-state index is -0.985. The number of nitrogens with two attached hydrogens (primary N) is 1. The molecular formula is C15H24N2O3. The monoisotopic (exact) mass is 280 g/mol. The Balaban J connectivity index is 2.50. The first-order valence-electron chi connectivity index (χ1n) is 6.90. The van der Waals surface area contributed by atoms with Crippen LogP contribution in [0.3, 0.4) is 0 Å². The van der Waals surface area contributed by atoms with Gasteiger partial charge in [0.1, 0.15) is 0 Å². The van der Waals surface area contributed by atoms with Crippen molar-refractivity contribution in [3.63, 3.8) is 0 Å². The molecule has 1 atom stereocenters. The minimum Gasteiger partial charge on any atom is -0.394 e. The van der Waals surface area contributed by atoms with Gasteiger partial charge < -0.3 is 21.3 Å². The molecule has 0 bridgehead atoms. The molecule has 0 aliphatic rings. The molecule has 0 spiro atoms. The summed E-state index contributed by atoms with van der Waals surface area (Å²) in [6, 6.07) is 9.15. The minimum absolute atomic E-state index is 0.308. The molecule has 0 saturated heterocycles. The van der Waals surface area contributed by atoms with E-state index in [1.807, 2.05) is 30.3 Å². The summed E-state index contributed by atoms with van der Waals surface area (Å²) in [4.78, 5) is 12.0. The predicted molar refractivity (Wildman–Crippen MR) is 78.1 cm³/mol. The Kier molecular flexibility index (Phi) is 6.64. The third-order valence-electron chi connectivity index (χ3n) is 3.59. The summed E-state index contributed by atoms with van der Waals surface area (Å²) >= 11 is 0. The average molecular weight is 280 g/mol. The van der Waals surface area contributed by atoms with Gasteiger partial charge in [0.05, 0.1) is 24.8 Å². The van der Waals surface area contributed by atoms with Gasteiger partial charge in [0.25, 0.3) is 0 Å². The van der Waals surface area contributed by atoms with Gasteiger partial charge in [-0.05, 0) is 24.8 Å². The van der Waals surface area contributed by atoms with E-state index in [1.54, 1.807) is 6.92 Å². The molecule has 0 aliphatic heterocycles. The van der Waals surface area contributed by atoms with Crippen LogP contribution < -0.4 is 11.1 Å². The molecule has 0 fully saturated rings. The lowest BCUT2D eigenvalue weighted by molar-refractivity contribution is -0.125. The van der Waals surface area contributed by atoms with Gasteiger partial charge in [-0.2, -0.15) is 0 Å². The number of carbonyl (C=O) groups excluding carboxylic acids is 1. The number of benzene rings is 1. The Morgan fingerprint density at radius 3 is 2.40 bits per heavy atom. The molecule has 1 amide bonds. The lowest BCUT2D eigenvalue weighted by Gasteiger charge is -2.31. The molecule has 112 valence electrons. The second-order valence-electron chi connectivity index (χ2n) is 5.07. The number of amides is 1. The van der Waals surface area contributed by atoms with E-state index in [4.69, 9.17) is 5.73 Å². The van der Waals surface area contributed by atoms with E-state index in [1.165, 1.54) is 0 Å². The summed E-state index contributed by atoms with van der Waals surface area (Å²) in [5, 5.41) is 21.3. The van der Waals surface area contributed by atoms with Gasteiger partial charge in [-0.1, -0.05) is 37.3 Å². The predicted octanol–water partition coefficient (Wildman–Crippen LogP) is 0.196. The fourth-order valence-electron chi connectivity index (χ4n) is 1.89. The van der Waals surface area contributed by atoms with Crippen LogP contribution in [0.15, 0.2) is 30.3 Å². The number of nitrogens with one attached hydrogen (secondary N) is 1. The first kappa shape index (κ1) is 16.6. The second-order valence-corrected chi connectivity index (χ2v) is 5.07. The zero-order chi connectivity index (χ0) is 15.0. The van der Waals surface area contributed by atoms with E-state index in [2.05, 4.69) is 5.32 Å². The van der Waals surface area contributed by atoms with E-state index < -0.39 is 11.6 Å². The normalized spacial score (nSPS) is 13.0. The molecule has 5 N–H and O–H groups in total. The molecule has 5 nitrogen and oxygen atoms in total. The lowest BCUT2D eigenvalue weighted by Crippen LogP contribution is -2.57. The van der Waals surface area contributed by atoms with Crippen molar-refractivity contribution in [2.75, 3.05) is 13.2 Å². The molecule has 1 unspecified atom stereocenters. The maximum absolute atomic E-state index is 12.0.